The van der Waals surface area contributed by atoms with E-state index in [0.29, 0.717) is 22.7 Å². The molecular weight excluding hydrogens is 407 g/mol. The van der Waals surface area contributed by atoms with Gasteiger partial charge in [0.05, 0.1) is 16.8 Å². The predicted molar refractivity (Wildman–Crippen MR) is 118 cm³/mol. The number of esters is 1. The third kappa shape index (κ3) is 3.60. The standard InChI is InChI=1S/C25H17FN4O2/c1-16-21(3-2-11-28-16)25(31)32-20-10-14-30-22(15-20)23(17-8-12-27-13-9-17)24(29-30)18-4-6-19(26)7-5-18/h2-15H,1H3. The van der Waals surface area contributed by atoms with Gasteiger partial charge in [0.15, 0.2) is 0 Å². The number of aromatic nitrogens is 4. The Morgan fingerprint density at radius 1 is 0.969 bits per heavy atom. The molecule has 0 bridgehead atoms. The van der Waals surface area contributed by atoms with Crippen LogP contribution >= 0.6 is 0 Å². The maximum atomic E-state index is 13.5. The number of rotatable bonds is 4. The van der Waals surface area contributed by atoms with Crippen molar-refractivity contribution in [2.75, 3.05) is 0 Å². The molecule has 0 aliphatic rings. The van der Waals surface area contributed by atoms with Gasteiger partial charge < -0.3 is 4.74 Å². The van der Waals surface area contributed by atoms with Gasteiger partial charge >= 0.3 is 5.97 Å². The topological polar surface area (TPSA) is 69.4 Å². The van der Waals surface area contributed by atoms with Gasteiger partial charge in [-0.3, -0.25) is 9.97 Å². The molecule has 5 aromatic rings. The van der Waals surface area contributed by atoms with Gasteiger partial charge in [-0.05, 0) is 67.1 Å². The number of hydrogen-bond acceptors (Lipinski definition) is 5. The van der Waals surface area contributed by atoms with Crippen molar-refractivity contribution in [2.45, 2.75) is 6.92 Å². The van der Waals surface area contributed by atoms with E-state index >= 15 is 0 Å². The van der Waals surface area contributed by atoms with Crippen molar-refractivity contribution in [3.8, 4) is 28.1 Å². The SMILES string of the molecule is Cc1ncccc1C(=O)Oc1ccn2nc(-c3ccc(F)cc3)c(-c3ccncc3)c2c1. The molecule has 32 heavy (non-hydrogen) atoms. The zero-order valence-corrected chi connectivity index (χ0v) is 17.1. The van der Waals surface area contributed by atoms with E-state index in [1.54, 1.807) is 72.6 Å². The Bertz CT molecular complexity index is 1430. The minimum atomic E-state index is -0.483. The molecule has 0 fully saturated rings. The smallest absolute Gasteiger partial charge is 0.345 e. The summed E-state index contributed by atoms with van der Waals surface area (Å²) in [5.41, 5.74) is 4.91. The fraction of sp³-hybridized carbons (Fsp3) is 0.0400. The van der Waals surface area contributed by atoms with Crippen LogP contribution in [0.2, 0.25) is 0 Å². The lowest BCUT2D eigenvalue weighted by molar-refractivity contribution is 0.0733. The minimum Gasteiger partial charge on any atom is -0.423 e. The molecule has 156 valence electrons. The Hall–Kier alpha value is -4.39. The Balaban J connectivity index is 1.63. The first-order chi connectivity index (χ1) is 15.6. The van der Waals surface area contributed by atoms with E-state index in [1.165, 1.54) is 12.1 Å². The first kappa shape index (κ1) is 19.6. The van der Waals surface area contributed by atoms with E-state index < -0.39 is 5.97 Å². The summed E-state index contributed by atoms with van der Waals surface area (Å²) < 4.78 is 20.8. The monoisotopic (exact) mass is 424 g/mol. The number of ether oxygens (including phenoxy) is 1. The Morgan fingerprint density at radius 2 is 1.75 bits per heavy atom. The van der Waals surface area contributed by atoms with E-state index in [-0.39, 0.29) is 5.82 Å². The summed E-state index contributed by atoms with van der Waals surface area (Å²) in [6.45, 7) is 1.76. The zero-order valence-electron chi connectivity index (χ0n) is 17.1. The van der Waals surface area contributed by atoms with Crippen LogP contribution in [0.5, 0.6) is 5.75 Å². The van der Waals surface area contributed by atoms with Gasteiger partial charge in [-0.25, -0.2) is 13.7 Å². The number of aryl methyl sites for hydroxylation is 1. The van der Waals surface area contributed by atoms with Crippen LogP contribution in [0.4, 0.5) is 4.39 Å². The number of hydrogen-bond donors (Lipinski definition) is 0. The molecule has 0 N–H and O–H groups in total. The van der Waals surface area contributed by atoms with Gasteiger partial charge in [-0.15, -0.1) is 0 Å². The van der Waals surface area contributed by atoms with Gasteiger partial charge in [0.25, 0.3) is 0 Å². The van der Waals surface area contributed by atoms with Gasteiger partial charge in [0, 0.05) is 42.0 Å². The van der Waals surface area contributed by atoms with Gasteiger partial charge in [-0.2, -0.15) is 5.10 Å². The van der Waals surface area contributed by atoms with Crippen molar-refractivity contribution in [3.05, 3.63) is 103 Å². The molecular formula is C25H17FN4O2. The molecule has 0 radical (unpaired) electrons. The highest BCUT2D eigenvalue weighted by Gasteiger charge is 2.18. The second kappa shape index (κ2) is 8.03. The highest BCUT2D eigenvalue weighted by molar-refractivity contribution is 5.94. The van der Waals surface area contributed by atoms with E-state index in [4.69, 9.17) is 9.84 Å². The van der Waals surface area contributed by atoms with Crippen LogP contribution in [0.3, 0.4) is 0 Å². The summed E-state index contributed by atoms with van der Waals surface area (Å²) in [5, 5.41) is 4.70. The summed E-state index contributed by atoms with van der Waals surface area (Å²) >= 11 is 0. The number of nitrogens with zero attached hydrogens (tertiary/aromatic N) is 4. The van der Waals surface area contributed by atoms with E-state index in [0.717, 1.165) is 22.2 Å². The fourth-order valence-corrected chi connectivity index (χ4v) is 3.56. The van der Waals surface area contributed by atoms with Crippen LogP contribution in [0.1, 0.15) is 16.1 Å². The highest BCUT2D eigenvalue weighted by Crippen LogP contribution is 2.36. The molecule has 0 aliphatic heterocycles. The maximum Gasteiger partial charge on any atom is 0.345 e. The maximum absolute atomic E-state index is 13.5. The number of pyridine rings is 3. The molecule has 0 aliphatic carbocycles. The molecule has 1 aromatic carbocycles. The molecule has 0 amide bonds. The van der Waals surface area contributed by atoms with E-state index in [2.05, 4.69) is 9.97 Å². The van der Waals surface area contributed by atoms with Gasteiger partial charge in [0.1, 0.15) is 17.3 Å². The third-order valence-electron chi connectivity index (χ3n) is 5.13. The average Bonchev–Trinajstić information content (AvgIpc) is 3.19. The fourth-order valence-electron chi connectivity index (χ4n) is 3.56. The molecule has 6 nitrogen and oxygen atoms in total. The summed E-state index contributed by atoms with van der Waals surface area (Å²) in [6.07, 6.45) is 6.75. The molecule has 0 saturated carbocycles. The van der Waals surface area contributed by atoms with Gasteiger partial charge in [-0.1, -0.05) is 0 Å². The zero-order chi connectivity index (χ0) is 22.1. The lowest BCUT2D eigenvalue weighted by atomic mass is 10.0. The summed E-state index contributed by atoms with van der Waals surface area (Å²) in [6, 6.07) is 16.7. The summed E-state index contributed by atoms with van der Waals surface area (Å²) in [7, 11) is 0. The first-order valence-corrected chi connectivity index (χ1v) is 9.93. The largest absolute Gasteiger partial charge is 0.423 e. The number of fused-ring (bicyclic) bond motifs is 1. The van der Waals surface area contributed by atoms with Crippen molar-refractivity contribution in [3.63, 3.8) is 0 Å². The molecule has 7 heteroatoms. The van der Waals surface area contributed by atoms with Crippen LogP contribution < -0.4 is 4.74 Å². The number of benzene rings is 1. The number of carbonyl (C=O) groups excluding carboxylic acids is 1. The Kier molecular flexibility index (Phi) is 4.91. The highest BCUT2D eigenvalue weighted by atomic mass is 19.1. The summed E-state index contributed by atoms with van der Waals surface area (Å²) in [5.74, 6) is -0.418. The third-order valence-corrected chi connectivity index (χ3v) is 5.13. The minimum absolute atomic E-state index is 0.317. The average molecular weight is 424 g/mol. The Morgan fingerprint density at radius 3 is 2.50 bits per heavy atom. The Labute approximate surface area is 183 Å². The molecule has 5 rings (SSSR count). The number of carbonyl (C=O) groups is 1. The second-order valence-electron chi connectivity index (χ2n) is 7.18. The van der Waals surface area contributed by atoms with Crippen LogP contribution in [-0.2, 0) is 0 Å². The van der Waals surface area contributed by atoms with Crippen LogP contribution in [0.25, 0.3) is 27.9 Å². The molecule has 0 spiro atoms. The van der Waals surface area contributed by atoms with Crippen molar-refractivity contribution in [1.82, 2.24) is 19.6 Å². The molecule has 0 saturated heterocycles. The van der Waals surface area contributed by atoms with Crippen molar-refractivity contribution < 1.29 is 13.9 Å². The lowest BCUT2D eigenvalue weighted by Crippen LogP contribution is -2.11. The van der Waals surface area contributed by atoms with Crippen molar-refractivity contribution in [2.24, 2.45) is 0 Å². The van der Waals surface area contributed by atoms with Crippen molar-refractivity contribution in [1.29, 1.82) is 0 Å². The summed E-state index contributed by atoms with van der Waals surface area (Å²) in [4.78, 5) is 20.9. The normalized spacial score (nSPS) is 10.9. The second-order valence-corrected chi connectivity index (χ2v) is 7.18. The van der Waals surface area contributed by atoms with Crippen LogP contribution in [0.15, 0.2) is 85.5 Å². The van der Waals surface area contributed by atoms with Crippen molar-refractivity contribution >= 4 is 11.5 Å². The van der Waals surface area contributed by atoms with Crippen LogP contribution in [0, 0.1) is 12.7 Å². The molecule has 0 unspecified atom stereocenters. The number of halogens is 1. The van der Waals surface area contributed by atoms with Gasteiger partial charge in [0.2, 0.25) is 0 Å². The molecule has 0 atom stereocenters. The van der Waals surface area contributed by atoms with E-state index in [9.17, 15) is 9.18 Å². The molecule has 4 aromatic heterocycles. The van der Waals surface area contributed by atoms with Crippen LogP contribution in [-0.4, -0.2) is 25.6 Å². The molecule has 4 heterocycles. The quantitative estimate of drug-likeness (QED) is 0.374. The predicted octanol–water partition coefficient (Wildman–Crippen LogP) is 5.13. The lowest BCUT2D eigenvalue weighted by Gasteiger charge is -2.07. The van der Waals surface area contributed by atoms with E-state index in [1.807, 2.05) is 12.1 Å². The first-order valence-electron chi connectivity index (χ1n) is 9.93.